The summed E-state index contributed by atoms with van der Waals surface area (Å²) >= 11 is 0. The maximum atomic E-state index is 5.75. The highest BCUT2D eigenvalue weighted by atomic mass is 14.8. The monoisotopic (exact) mass is 216 g/mol. The molecular weight excluding hydrogens is 195 g/mol. The van der Waals surface area contributed by atoms with Crippen LogP contribution in [0, 0.1) is 10.8 Å². The van der Waals surface area contributed by atoms with Crippen LogP contribution in [0.15, 0.2) is 18.3 Å². The van der Waals surface area contributed by atoms with Crippen molar-refractivity contribution in [3.63, 3.8) is 0 Å². The Morgan fingerprint density at radius 1 is 1.19 bits per heavy atom. The summed E-state index contributed by atoms with van der Waals surface area (Å²) in [5, 5.41) is 0. The van der Waals surface area contributed by atoms with Gasteiger partial charge in [0.1, 0.15) is 5.82 Å². The molecule has 1 saturated heterocycles. The summed E-state index contributed by atoms with van der Waals surface area (Å²) in [5.74, 6) is 0.639. The lowest BCUT2D eigenvalue weighted by molar-refractivity contribution is 0.177. The third kappa shape index (κ3) is 1.83. The molecule has 16 heavy (non-hydrogen) atoms. The zero-order valence-corrected chi connectivity index (χ0v) is 10.7. The molecule has 2 heterocycles. The van der Waals surface area contributed by atoms with Crippen LogP contribution in [-0.4, -0.2) is 11.7 Å². The van der Waals surface area contributed by atoms with Crippen LogP contribution in [0.1, 0.15) is 27.7 Å². The lowest BCUT2D eigenvalue weighted by Crippen LogP contribution is -2.28. The Morgan fingerprint density at radius 3 is 2.25 bits per heavy atom. The van der Waals surface area contributed by atoms with E-state index in [1.54, 1.807) is 0 Å². The predicted octanol–water partition coefficient (Wildman–Crippen LogP) is 2.43. The van der Waals surface area contributed by atoms with E-state index < -0.39 is 0 Å². The first-order valence-electron chi connectivity index (χ1n) is 6.03. The minimum atomic E-state index is 0.399. The van der Waals surface area contributed by atoms with Gasteiger partial charge in [-0.2, -0.15) is 0 Å². The van der Waals surface area contributed by atoms with Crippen LogP contribution in [0.5, 0.6) is 0 Å². The van der Waals surface area contributed by atoms with E-state index >= 15 is 0 Å². The summed E-state index contributed by atoms with van der Waals surface area (Å²) in [6, 6.07) is 4.14. The molecule has 1 aromatic rings. The second kappa shape index (κ2) is 3.51. The topological polar surface area (TPSA) is 38.9 Å². The summed E-state index contributed by atoms with van der Waals surface area (Å²) in [6.45, 7) is 10.1. The molecule has 0 atom stereocenters. The van der Waals surface area contributed by atoms with Gasteiger partial charge in [0.25, 0.3) is 0 Å². The molecule has 2 rings (SSSR count). The van der Waals surface area contributed by atoms with Gasteiger partial charge < -0.3 is 5.73 Å². The number of anilines is 1. The molecule has 0 unspecified atom stereocenters. The number of nitrogens with two attached hydrogens (primary N) is 1. The Hall–Kier alpha value is -0.985. The van der Waals surface area contributed by atoms with E-state index in [0.29, 0.717) is 23.4 Å². The van der Waals surface area contributed by atoms with Crippen molar-refractivity contribution < 1.29 is 0 Å². The van der Waals surface area contributed by atoms with Crippen LogP contribution < -0.4 is 11.2 Å². The van der Waals surface area contributed by atoms with Crippen molar-refractivity contribution in [2.24, 2.45) is 10.8 Å². The predicted molar refractivity (Wildman–Crippen MR) is 71.2 cm³/mol. The number of pyridine rings is 1. The van der Waals surface area contributed by atoms with E-state index in [0.717, 1.165) is 0 Å². The molecule has 1 aliphatic rings. The molecule has 0 aliphatic carbocycles. The normalized spacial score (nSPS) is 22.4. The molecule has 0 radical (unpaired) electrons. The average molecular weight is 216 g/mol. The summed E-state index contributed by atoms with van der Waals surface area (Å²) < 4.78 is 0. The van der Waals surface area contributed by atoms with Gasteiger partial charge in [0.05, 0.1) is 0 Å². The molecular formula is C13H21BN2. The number of nitrogens with zero attached hydrogens (tertiary/aromatic N) is 1. The second-order valence-corrected chi connectivity index (χ2v) is 6.39. The van der Waals surface area contributed by atoms with Gasteiger partial charge >= 0.3 is 0 Å². The SMILES string of the molecule is CC1(C)CB(c2ccnc(N)c2)CC1(C)C. The van der Waals surface area contributed by atoms with Crippen LogP contribution >= 0.6 is 0 Å². The Bertz CT molecular complexity index is 383. The molecule has 3 heteroatoms. The zero-order chi connectivity index (χ0) is 12.0. The van der Waals surface area contributed by atoms with Crippen molar-refractivity contribution in [2.45, 2.75) is 40.3 Å². The molecule has 1 fully saturated rings. The van der Waals surface area contributed by atoms with Gasteiger partial charge in [-0.15, -0.1) is 0 Å². The highest BCUT2D eigenvalue weighted by Crippen LogP contribution is 2.52. The van der Waals surface area contributed by atoms with E-state index in [1.807, 2.05) is 12.3 Å². The van der Waals surface area contributed by atoms with Crippen molar-refractivity contribution in [3.8, 4) is 0 Å². The van der Waals surface area contributed by atoms with Gasteiger partial charge in [0, 0.05) is 6.20 Å². The molecule has 0 amide bonds. The summed E-state index contributed by atoms with van der Waals surface area (Å²) in [5.41, 5.74) is 7.90. The largest absolute Gasteiger partial charge is 0.384 e. The lowest BCUT2D eigenvalue weighted by Gasteiger charge is -2.35. The fourth-order valence-corrected chi connectivity index (χ4v) is 2.81. The van der Waals surface area contributed by atoms with Crippen molar-refractivity contribution in [1.82, 2.24) is 4.98 Å². The second-order valence-electron chi connectivity index (χ2n) is 6.39. The Kier molecular flexibility index (Phi) is 2.52. The first-order valence-corrected chi connectivity index (χ1v) is 6.03. The third-order valence-corrected chi connectivity index (χ3v) is 4.62. The molecule has 0 saturated carbocycles. The highest BCUT2D eigenvalue weighted by molar-refractivity contribution is 6.74. The molecule has 2 nitrogen and oxygen atoms in total. The van der Waals surface area contributed by atoms with Crippen molar-refractivity contribution in [3.05, 3.63) is 18.3 Å². The quantitative estimate of drug-likeness (QED) is 0.732. The maximum absolute atomic E-state index is 5.75. The minimum Gasteiger partial charge on any atom is -0.384 e. The molecule has 2 N–H and O–H groups in total. The number of nitrogen functional groups attached to an aromatic ring is 1. The third-order valence-electron chi connectivity index (χ3n) is 4.62. The fourth-order valence-electron chi connectivity index (χ4n) is 2.81. The molecule has 1 aromatic heterocycles. The first-order chi connectivity index (χ1) is 7.32. The average Bonchev–Trinajstić information content (AvgIpc) is 2.36. The van der Waals surface area contributed by atoms with Gasteiger partial charge in [-0.3, -0.25) is 0 Å². The molecule has 0 spiro atoms. The highest BCUT2D eigenvalue weighted by Gasteiger charge is 2.47. The van der Waals surface area contributed by atoms with Crippen molar-refractivity contribution in [1.29, 1.82) is 0 Å². The van der Waals surface area contributed by atoms with Gasteiger partial charge in [-0.1, -0.05) is 45.8 Å². The Balaban J connectivity index is 2.27. The van der Waals surface area contributed by atoms with E-state index in [9.17, 15) is 0 Å². The Labute approximate surface area is 98.7 Å². The molecule has 86 valence electrons. The molecule has 0 bridgehead atoms. The van der Waals surface area contributed by atoms with Gasteiger partial charge in [-0.05, 0) is 23.0 Å². The van der Waals surface area contributed by atoms with Crippen LogP contribution in [0.4, 0.5) is 5.82 Å². The Morgan fingerprint density at radius 2 is 1.75 bits per heavy atom. The molecule has 0 aromatic carbocycles. The number of hydrogen-bond acceptors (Lipinski definition) is 2. The fraction of sp³-hybridized carbons (Fsp3) is 0.615. The first kappa shape index (κ1) is 11.5. The van der Waals surface area contributed by atoms with Gasteiger partial charge in [0.2, 0.25) is 0 Å². The van der Waals surface area contributed by atoms with Crippen LogP contribution in [0.25, 0.3) is 0 Å². The van der Waals surface area contributed by atoms with E-state index in [-0.39, 0.29) is 0 Å². The van der Waals surface area contributed by atoms with Crippen LogP contribution in [0.2, 0.25) is 12.6 Å². The molecule has 1 aliphatic heterocycles. The van der Waals surface area contributed by atoms with Crippen molar-refractivity contribution >= 4 is 18.0 Å². The van der Waals surface area contributed by atoms with E-state index in [1.165, 1.54) is 18.1 Å². The number of aromatic nitrogens is 1. The van der Waals surface area contributed by atoms with Crippen molar-refractivity contribution in [2.75, 3.05) is 5.73 Å². The summed E-state index contributed by atoms with van der Waals surface area (Å²) in [6.07, 6.45) is 4.30. The lowest BCUT2D eigenvalue weighted by atomic mass is 9.42. The number of hydrogen-bond donors (Lipinski definition) is 1. The summed E-state index contributed by atoms with van der Waals surface area (Å²) in [4.78, 5) is 4.06. The standard InChI is InChI=1S/C13H21BN2/c1-12(2)8-14(9-13(12,3)4)10-5-6-16-11(15)7-10/h5-7H,8-9H2,1-4H3,(H2,15,16). The van der Waals surface area contributed by atoms with Gasteiger partial charge in [-0.25, -0.2) is 4.98 Å². The minimum absolute atomic E-state index is 0.399. The maximum Gasteiger partial charge on any atom is 0.177 e. The zero-order valence-electron chi connectivity index (χ0n) is 10.7. The summed E-state index contributed by atoms with van der Waals surface area (Å²) in [7, 11) is 0. The van der Waals surface area contributed by atoms with Crippen LogP contribution in [0.3, 0.4) is 0 Å². The van der Waals surface area contributed by atoms with Crippen LogP contribution in [-0.2, 0) is 0 Å². The smallest absolute Gasteiger partial charge is 0.177 e. The van der Waals surface area contributed by atoms with E-state index in [2.05, 4.69) is 38.7 Å². The van der Waals surface area contributed by atoms with Gasteiger partial charge in [0.15, 0.2) is 6.71 Å². The van der Waals surface area contributed by atoms with E-state index in [4.69, 9.17) is 5.73 Å². The number of rotatable bonds is 1.